The lowest BCUT2D eigenvalue weighted by atomic mass is 9.80. The van der Waals surface area contributed by atoms with E-state index in [2.05, 4.69) is 64.6 Å². The van der Waals surface area contributed by atoms with Crippen LogP contribution in [0.4, 0.5) is 0 Å². The molecule has 1 aliphatic heterocycles. The monoisotopic (exact) mass is 448 g/mol. The van der Waals surface area contributed by atoms with Crippen molar-refractivity contribution in [1.29, 1.82) is 0 Å². The van der Waals surface area contributed by atoms with Gasteiger partial charge in [0.2, 0.25) is 0 Å². The van der Waals surface area contributed by atoms with Crippen LogP contribution in [0.15, 0.2) is 54.6 Å². The molecule has 5 heteroatoms. The molecule has 4 rings (SSSR count). The van der Waals surface area contributed by atoms with Crippen molar-refractivity contribution in [2.45, 2.75) is 40.2 Å². The van der Waals surface area contributed by atoms with Gasteiger partial charge in [-0.2, -0.15) is 0 Å². The summed E-state index contributed by atoms with van der Waals surface area (Å²) in [6, 6.07) is 18.7. The number of rotatable bonds is 4. The second kappa shape index (κ2) is 8.55. The van der Waals surface area contributed by atoms with Crippen molar-refractivity contribution in [2.24, 2.45) is 5.92 Å². The summed E-state index contributed by atoms with van der Waals surface area (Å²) in [5.74, 6) is 3.47. The van der Waals surface area contributed by atoms with E-state index in [4.69, 9.17) is 18.3 Å². The van der Waals surface area contributed by atoms with E-state index >= 15 is 0 Å². The summed E-state index contributed by atoms with van der Waals surface area (Å²) in [6.07, 6.45) is 0. The molecule has 0 bridgehead atoms. The van der Waals surface area contributed by atoms with Gasteiger partial charge >= 0.3 is 8.56 Å². The van der Waals surface area contributed by atoms with Crippen LogP contribution in [0.25, 0.3) is 0 Å². The van der Waals surface area contributed by atoms with Crippen molar-refractivity contribution >= 4 is 13.7 Å². The van der Waals surface area contributed by atoms with Crippen molar-refractivity contribution < 1.29 is 18.3 Å². The Labute approximate surface area is 192 Å². The van der Waals surface area contributed by atoms with Crippen LogP contribution in [-0.2, 0) is 0 Å². The zero-order chi connectivity index (χ0) is 23.0. The first kappa shape index (κ1) is 22.3. The molecule has 0 fully saturated rings. The van der Waals surface area contributed by atoms with Crippen molar-refractivity contribution in [3.63, 3.8) is 0 Å². The highest BCUT2D eigenvalue weighted by Crippen LogP contribution is 2.50. The summed E-state index contributed by atoms with van der Waals surface area (Å²) in [6.45, 7) is 10.8. The molecular formula is C27H32O4Si. The fraction of sp³-hybridized carbons (Fsp3) is 0.333. The Balaban J connectivity index is 2.09. The summed E-state index contributed by atoms with van der Waals surface area (Å²) < 4.78 is 25.3. The third kappa shape index (κ3) is 3.86. The van der Waals surface area contributed by atoms with Crippen molar-refractivity contribution in [2.75, 3.05) is 14.2 Å². The Kier molecular flexibility index (Phi) is 5.95. The standard InChI is InChI=1S/C27H32O4Si/c1-17(2)25-22-14-18(3)13-19(4)26(22)30-32(7,21-11-9-8-10-12-21)31-27-23(25)15-20(28-5)16-24(27)29-6/h8-17,25H,1-7H3. The molecule has 3 aromatic rings. The van der Waals surface area contributed by atoms with Gasteiger partial charge in [0.15, 0.2) is 11.5 Å². The largest absolute Gasteiger partial charge is 0.508 e. The molecule has 32 heavy (non-hydrogen) atoms. The van der Waals surface area contributed by atoms with E-state index in [0.29, 0.717) is 11.7 Å². The molecule has 1 heterocycles. The topological polar surface area (TPSA) is 36.9 Å². The van der Waals surface area contributed by atoms with Gasteiger partial charge in [0.25, 0.3) is 0 Å². The first-order valence-electron chi connectivity index (χ1n) is 11.1. The summed E-state index contributed by atoms with van der Waals surface area (Å²) in [7, 11) is 0.450. The minimum atomic E-state index is -2.91. The molecule has 0 saturated heterocycles. The molecule has 0 radical (unpaired) electrons. The zero-order valence-corrected chi connectivity index (χ0v) is 21.0. The second-order valence-corrected chi connectivity index (χ2v) is 11.9. The fourth-order valence-electron chi connectivity index (χ4n) is 4.72. The minimum absolute atomic E-state index is 0.0666. The molecule has 0 spiro atoms. The lowest BCUT2D eigenvalue weighted by Crippen LogP contribution is -2.57. The Hall–Kier alpha value is -2.92. The summed E-state index contributed by atoms with van der Waals surface area (Å²) in [4.78, 5) is 0. The van der Waals surface area contributed by atoms with Gasteiger partial charge < -0.3 is 18.3 Å². The molecule has 0 amide bonds. The highest BCUT2D eigenvalue weighted by molar-refractivity contribution is 6.81. The van der Waals surface area contributed by atoms with E-state index in [0.717, 1.165) is 33.6 Å². The van der Waals surface area contributed by atoms with Crippen LogP contribution >= 0.6 is 0 Å². The van der Waals surface area contributed by atoms with Crippen molar-refractivity contribution in [3.8, 4) is 23.0 Å². The summed E-state index contributed by atoms with van der Waals surface area (Å²) in [5.41, 5.74) is 4.60. The van der Waals surface area contributed by atoms with Crippen LogP contribution in [0, 0.1) is 19.8 Å². The lowest BCUT2D eigenvalue weighted by Gasteiger charge is -2.38. The predicted molar refractivity (Wildman–Crippen MR) is 131 cm³/mol. The molecule has 168 valence electrons. The van der Waals surface area contributed by atoms with E-state index in [1.54, 1.807) is 14.2 Å². The number of methoxy groups -OCH3 is 2. The third-order valence-electron chi connectivity index (χ3n) is 6.19. The van der Waals surface area contributed by atoms with Crippen molar-refractivity contribution in [3.05, 3.63) is 76.9 Å². The van der Waals surface area contributed by atoms with Crippen LogP contribution in [0.2, 0.25) is 6.55 Å². The number of fused-ring (bicyclic) bond motifs is 2. The van der Waals surface area contributed by atoms with Gasteiger partial charge in [-0.1, -0.05) is 61.9 Å². The van der Waals surface area contributed by atoms with Gasteiger partial charge in [0.1, 0.15) is 11.5 Å². The molecule has 0 N–H and O–H groups in total. The van der Waals surface area contributed by atoms with E-state index < -0.39 is 8.56 Å². The van der Waals surface area contributed by atoms with E-state index in [1.165, 1.54) is 11.1 Å². The van der Waals surface area contributed by atoms with Crippen LogP contribution in [-0.4, -0.2) is 22.8 Å². The lowest BCUT2D eigenvalue weighted by molar-refractivity contribution is 0.344. The van der Waals surface area contributed by atoms with Gasteiger partial charge in [-0.25, -0.2) is 0 Å². The molecule has 2 atom stereocenters. The smallest absolute Gasteiger partial charge is 0.492 e. The van der Waals surface area contributed by atoms with Crippen LogP contribution in [0.5, 0.6) is 23.0 Å². The highest BCUT2D eigenvalue weighted by atomic mass is 28.4. The third-order valence-corrected chi connectivity index (χ3v) is 8.76. The molecule has 2 unspecified atom stereocenters. The Morgan fingerprint density at radius 3 is 2.12 bits per heavy atom. The van der Waals surface area contributed by atoms with Gasteiger partial charge in [-0.15, -0.1) is 0 Å². The quantitative estimate of drug-likeness (QED) is 0.469. The van der Waals surface area contributed by atoms with Crippen LogP contribution in [0.3, 0.4) is 0 Å². The fourth-order valence-corrected chi connectivity index (χ4v) is 7.07. The number of hydrogen-bond donors (Lipinski definition) is 0. The molecule has 1 aliphatic rings. The molecule has 0 aromatic heterocycles. The van der Waals surface area contributed by atoms with Crippen molar-refractivity contribution in [1.82, 2.24) is 0 Å². The average Bonchev–Trinajstić information content (AvgIpc) is 2.76. The number of benzene rings is 3. The molecule has 4 nitrogen and oxygen atoms in total. The maximum absolute atomic E-state index is 6.92. The number of ether oxygens (including phenoxy) is 2. The summed E-state index contributed by atoms with van der Waals surface area (Å²) >= 11 is 0. The second-order valence-electron chi connectivity index (χ2n) is 8.99. The molecule has 0 aliphatic carbocycles. The molecule has 0 saturated carbocycles. The zero-order valence-electron chi connectivity index (χ0n) is 20.0. The Morgan fingerprint density at radius 2 is 1.50 bits per heavy atom. The summed E-state index contributed by atoms with van der Waals surface area (Å²) in [5, 5.41) is 1.07. The molecular weight excluding hydrogens is 416 g/mol. The molecule has 3 aromatic carbocycles. The maximum Gasteiger partial charge on any atom is 0.492 e. The van der Waals surface area contributed by atoms with E-state index in [1.807, 2.05) is 24.3 Å². The first-order chi connectivity index (χ1) is 15.3. The van der Waals surface area contributed by atoms with Gasteiger partial charge in [0, 0.05) is 34.8 Å². The normalized spacial score (nSPS) is 19.7. The van der Waals surface area contributed by atoms with E-state index in [-0.39, 0.29) is 5.92 Å². The Morgan fingerprint density at radius 1 is 0.844 bits per heavy atom. The van der Waals surface area contributed by atoms with E-state index in [9.17, 15) is 0 Å². The average molecular weight is 449 g/mol. The maximum atomic E-state index is 6.92. The number of aryl methyl sites for hydroxylation is 2. The predicted octanol–water partition coefficient (Wildman–Crippen LogP) is 5.86. The van der Waals surface area contributed by atoms with Crippen LogP contribution in [0.1, 0.15) is 42.0 Å². The highest BCUT2D eigenvalue weighted by Gasteiger charge is 2.44. The first-order valence-corrected chi connectivity index (χ1v) is 13.4. The SMILES string of the molecule is COc1cc(OC)c2c(c1)C(C(C)C)c1cc(C)cc(C)c1O[Si](C)(c1ccccc1)O2. The van der Waals surface area contributed by atoms with Gasteiger partial charge in [-0.05, 0) is 31.4 Å². The van der Waals surface area contributed by atoms with Gasteiger partial charge in [-0.3, -0.25) is 0 Å². The minimum Gasteiger partial charge on any atom is -0.508 e. The Bertz CT molecular complexity index is 1130. The van der Waals surface area contributed by atoms with Crippen LogP contribution < -0.4 is 23.5 Å². The number of hydrogen-bond acceptors (Lipinski definition) is 4. The van der Waals surface area contributed by atoms with Gasteiger partial charge in [0.05, 0.1) is 14.2 Å².